The molecule has 1 heterocycles. The van der Waals surface area contributed by atoms with Crippen LogP contribution in [0.1, 0.15) is 58.8 Å². The van der Waals surface area contributed by atoms with Crippen molar-refractivity contribution >= 4 is 29.9 Å². The highest BCUT2D eigenvalue weighted by Crippen LogP contribution is 2.34. The first-order valence-corrected chi connectivity index (χ1v) is 11.2. The van der Waals surface area contributed by atoms with Gasteiger partial charge in [-0.3, -0.25) is 14.8 Å². The fourth-order valence-electron chi connectivity index (χ4n) is 4.62. The molecule has 2 N–H and O–H groups in total. The van der Waals surface area contributed by atoms with Gasteiger partial charge < -0.3 is 15.4 Å². The Morgan fingerprint density at radius 2 is 1.86 bits per heavy atom. The molecule has 2 aliphatic carbocycles. The lowest BCUT2D eigenvalue weighted by Crippen LogP contribution is -2.56. The Labute approximate surface area is 189 Å². The molecule has 3 rings (SSSR count). The van der Waals surface area contributed by atoms with Crippen LogP contribution in [0.15, 0.2) is 4.99 Å². The quantitative estimate of drug-likeness (QED) is 0.301. The highest BCUT2D eigenvalue weighted by Gasteiger charge is 2.38. The zero-order valence-corrected chi connectivity index (χ0v) is 20.5. The number of nitrogens with one attached hydrogen (secondary N) is 2. The van der Waals surface area contributed by atoms with Gasteiger partial charge in [0.2, 0.25) is 0 Å². The van der Waals surface area contributed by atoms with Crippen molar-refractivity contribution in [2.75, 3.05) is 53.0 Å². The molecule has 28 heavy (non-hydrogen) atoms. The largest absolute Gasteiger partial charge is 0.379 e. The molecule has 0 radical (unpaired) electrons. The maximum Gasteiger partial charge on any atom is 0.191 e. The Kier molecular flexibility index (Phi) is 10.3. The molecule has 7 heteroatoms. The van der Waals surface area contributed by atoms with E-state index >= 15 is 0 Å². The normalized spacial score (nSPS) is 24.5. The van der Waals surface area contributed by atoms with Gasteiger partial charge in [-0.05, 0) is 46.6 Å². The summed E-state index contributed by atoms with van der Waals surface area (Å²) in [7, 11) is 2.25. The standard InChI is InChI=1S/C21H41N5O.HI/c1-4-22-20(23-16-18(2)25(3)19-8-9-19)24-17-21(10-6-5-7-11-21)26-12-14-27-15-13-26;/h18-19H,4-17H2,1-3H3,(H2,22,23,24);1H. The van der Waals surface area contributed by atoms with Gasteiger partial charge in [0.15, 0.2) is 5.96 Å². The molecule has 0 aromatic heterocycles. The van der Waals surface area contributed by atoms with Crippen molar-refractivity contribution in [3.63, 3.8) is 0 Å². The maximum atomic E-state index is 5.60. The van der Waals surface area contributed by atoms with Gasteiger partial charge in [-0.15, -0.1) is 24.0 Å². The van der Waals surface area contributed by atoms with Crippen LogP contribution in [0.3, 0.4) is 0 Å². The van der Waals surface area contributed by atoms with E-state index in [0.717, 1.165) is 57.9 Å². The molecule has 0 bridgehead atoms. The molecule has 3 fully saturated rings. The van der Waals surface area contributed by atoms with E-state index in [4.69, 9.17) is 9.73 Å². The van der Waals surface area contributed by atoms with Crippen LogP contribution in [0, 0.1) is 0 Å². The first kappa shape index (κ1) is 24.2. The second-order valence-corrected chi connectivity index (χ2v) is 8.71. The SMILES string of the molecule is CCNC(=NCC1(N2CCOCC2)CCCCC1)NCC(C)N(C)C1CC1.I. The second-order valence-electron chi connectivity index (χ2n) is 8.71. The van der Waals surface area contributed by atoms with E-state index in [1.807, 2.05) is 0 Å². The average molecular weight is 508 g/mol. The molecule has 0 aromatic carbocycles. The average Bonchev–Trinajstić information content (AvgIpc) is 3.56. The van der Waals surface area contributed by atoms with E-state index in [1.54, 1.807) is 0 Å². The smallest absolute Gasteiger partial charge is 0.191 e. The zero-order valence-electron chi connectivity index (χ0n) is 18.2. The summed E-state index contributed by atoms with van der Waals surface area (Å²) in [4.78, 5) is 10.2. The monoisotopic (exact) mass is 507 g/mol. The Morgan fingerprint density at radius 3 is 2.46 bits per heavy atom. The molecular formula is C21H42IN5O. The van der Waals surface area contributed by atoms with Crippen LogP contribution in [0.4, 0.5) is 0 Å². The van der Waals surface area contributed by atoms with Crippen LogP contribution < -0.4 is 10.6 Å². The van der Waals surface area contributed by atoms with E-state index < -0.39 is 0 Å². The summed E-state index contributed by atoms with van der Waals surface area (Å²) in [5.74, 6) is 0.978. The van der Waals surface area contributed by atoms with E-state index in [0.29, 0.717) is 6.04 Å². The van der Waals surface area contributed by atoms with Crippen molar-refractivity contribution < 1.29 is 4.74 Å². The molecule has 3 aliphatic rings. The number of guanidine groups is 1. The number of rotatable bonds is 8. The van der Waals surface area contributed by atoms with E-state index in [-0.39, 0.29) is 29.5 Å². The first-order chi connectivity index (χ1) is 13.1. The molecule has 0 aromatic rings. The van der Waals surface area contributed by atoms with Gasteiger partial charge in [-0.1, -0.05) is 19.3 Å². The predicted octanol–water partition coefficient (Wildman–Crippen LogP) is 2.68. The third kappa shape index (κ3) is 6.71. The molecule has 1 atom stereocenters. The lowest BCUT2D eigenvalue weighted by Gasteiger charge is -2.47. The minimum Gasteiger partial charge on any atom is -0.379 e. The van der Waals surface area contributed by atoms with Gasteiger partial charge in [-0.25, -0.2) is 0 Å². The lowest BCUT2D eigenvalue weighted by molar-refractivity contribution is -0.0333. The summed E-state index contributed by atoms with van der Waals surface area (Å²) in [6.07, 6.45) is 9.31. The van der Waals surface area contributed by atoms with Crippen LogP contribution >= 0.6 is 24.0 Å². The predicted molar refractivity (Wildman–Crippen MR) is 128 cm³/mol. The molecule has 6 nitrogen and oxygen atoms in total. The molecule has 0 spiro atoms. The number of nitrogens with zero attached hydrogens (tertiary/aromatic N) is 3. The van der Waals surface area contributed by atoms with Crippen molar-refractivity contribution in [1.82, 2.24) is 20.4 Å². The number of hydrogen-bond donors (Lipinski definition) is 2. The van der Waals surface area contributed by atoms with Crippen molar-refractivity contribution in [3.8, 4) is 0 Å². The van der Waals surface area contributed by atoms with Crippen LogP contribution in [-0.4, -0.2) is 86.4 Å². The molecule has 164 valence electrons. The Balaban J connectivity index is 0.00000280. The minimum absolute atomic E-state index is 0. The molecular weight excluding hydrogens is 465 g/mol. The van der Waals surface area contributed by atoms with Gasteiger partial charge in [0, 0.05) is 43.8 Å². The zero-order chi connectivity index (χ0) is 19.1. The number of halogens is 1. The number of likely N-dealkylation sites (N-methyl/N-ethyl adjacent to an activating group) is 1. The molecule has 1 aliphatic heterocycles. The topological polar surface area (TPSA) is 52.1 Å². The summed E-state index contributed by atoms with van der Waals surface area (Å²) in [5.41, 5.74) is 0.237. The Hall–Kier alpha value is -0.120. The van der Waals surface area contributed by atoms with Gasteiger partial charge in [0.05, 0.1) is 19.8 Å². The van der Waals surface area contributed by atoms with Crippen molar-refractivity contribution in [1.29, 1.82) is 0 Å². The molecule has 2 saturated carbocycles. The van der Waals surface area contributed by atoms with E-state index in [9.17, 15) is 0 Å². The number of ether oxygens (including phenoxy) is 1. The second kappa shape index (κ2) is 11.9. The van der Waals surface area contributed by atoms with Crippen LogP contribution in [0.5, 0.6) is 0 Å². The highest BCUT2D eigenvalue weighted by atomic mass is 127. The van der Waals surface area contributed by atoms with Gasteiger partial charge in [0.25, 0.3) is 0 Å². The summed E-state index contributed by atoms with van der Waals surface area (Å²) >= 11 is 0. The third-order valence-electron chi connectivity index (χ3n) is 6.72. The van der Waals surface area contributed by atoms with Crippen molar-refractivity contribution in [3.05, 3.63) is 0 Å². The van der Waals surface area contributed by atoms with Crippen molar-refractivity contribution in [2.45, 2.75) is 76.4 Å². The first-order valence-electron chi connectivity index (χ1n) is 11.2. The summed E-state index contributed by atoms with van der Waals surface area (Å²) < 4.78 is 5.60. The van der Waals surface area contributed by atoms with E-state index in [2.05, 4.69) is 41.3 Å². The van der Waals surface area contributed by atoms with Crippen LogP contribution in [0.2, 0.25) is 0 Å². The Bertz CT molecular complexity index is 473. The summed E-state index contributed by atoms with van der Waals surface area (Å²) in [5, 5.41) is 7.06. The van der Waals surface area contributed by atoms with Crippen molar-refractivity contribution in [2.24, 2.45) is 4.99 Å². The van der Waals surface area contributed by atoms with Gasteiger partial charge in [-0.2, -0.15) is 0 Å². The number of hydrogen-bond acceptors (Lipinski definition) is 4. The Morgan fingerprint density at radius 1 is 1.18 bits per heavy atom. The highest BCUT2D eigenvalue weighted by molar-refractivity contribution is 14.0. The fraction of sp³-hybridized carbons (Fsp3) is 0.952. The summed E-state index contributed by atoms with van der Waals surface area (Å²) in [6, 6.07) is 1.33. The minimum atomic E-state index is 0. The van der Waals surface area contributed by atoms with Crippen LogP contribution in [0.25, 0.3) is 0 Å². The maximum absolute atomic E-state index is 5.60. The summed E-state index contributed by atoms with van der Waals surface area (Å²) in [6.45, 7) is 11.1. The third-order valence-corrected chi connectivity index (χ3v) is 6.72. The molecule has 1 unspecified atom stereocenters. The molecule has 0 amide bonds. The number of aliphatic imine (C=N–C) groups is 1. The van der Waals surface area contributed by atoms with Gasteiger partial charge in [0.1, 0.15) is 0 Å². The van der Waals surface area contributed by atoms with E-state index in [1.165, 1.54) is 44.9 Å². The fourth-order valence-corrected chi connectivity index (χ4v) is 4.62. The number of morpholine rings is 1. The van der Waals surface area contributed by atoms with Crippen LogP contribution in [-0.2, 0) is 4.74 Å². The molecule has 1 saturated heterocycles. The lowest BCUT2D eigenvalue weighted by atomic mass is 9.80. The van der Waals surface area contributed by atoms with Gasteiger partial charge >= 0.3 is 0 Å².